The van der Waals surface area contributed by atoms with Gasteiger partial charge in [-0.05, 0) is 44.0 Å². The molecule has 0 amide bonds. The van der Waals surface area contributed by atoms with Crippen LogP contribution in [0.2, 0.25) is 0 Å². The van der Waals surface area contributed by atoms with E-state index < -0.39 is 5.60 Å². The quantitative estimate of drug-likeness (QED) is 0.878. The van der Waals surface area contributed by atoms with Crippen molar-refractivity contribution in [3.63, 3.8) is 0 Å². The number of phenolic OH excluding ortho intramolecular Hbond substituents is 1. The van der Waals surface area contributed by atoms with E-state index in [1.165, 1.54) is 0 Å². The van der Waals surface area contributed by atoms with Crippen LogP contribution in [0.3, 0.4) is 0 Å². The van der Waals surface area contributed by atoms with Crippen molar-refractivity contribution >= 4 is 11.8 Å². The number of nitrogens with zero attached hydrogens (tertiary/aromatic N) is 1. The van der Waals surface area contributed by atoms with Gasteiger partial charge in [0, 0.05) is 18.2 Å². The highest BCUT2D eigenvalue weighted by atomic mass is 32.2. The number of hydrogen-bond acceptors (Lipinski definition) is 4. The van der Waals surface area contributed by atoms with Gasteiger partial charge in [0.05, 0.1) is 5.60 Å². The zero-order chi connectivity index (χ0) is 13.2. The molecule has 1 aromatic rings. The maximum Gasteiger partial charge on any atom is 0.115 e. The Morgan fingerprint density at radius 2 is 2.22 bits per heavy atom. The summed E-state index contributed by atoms with van der Waals surface area (Å²) in [5.41, 5.74) is 0.0310. The third-order valence-electron chi connectivity index (χ3n) is 3.55. The van der Waals surface area contributed by atoms with E-state index in [1.54, 1.807) is 18.2 Å². The van der Waals surface area contributed by atoms with Gasteiger partial charge < -0.3 is 15.1 Å². The van der Waals surface area contributed by atoms with E-state index >= 15 is 0 Å². The van der Waals surface area contributed by atoms with Crippen LogP contribution in [-0.2, 0) is 5.60 Å². The first kappa shape index (κ1) is 13.7. The minimum atomic E-state index is -0.811. The summed E-state index contributed by atoms with van der Waals surface area (Å²) < 4.78 is 0. The number of rotatable bonds is 3. The van der Waals surface area contributed by atoms with Crippen molar-refractivity contribution in [3.05, 3.63) is 29.8 Å². The first-order valence-corrected chi connectivity index (χ1v) is 7.42. The molecule has 0 spiro atoms. The fourth-order valence-corrected chi connectivity index (χ4v) is 3.88. The first-order valence-electron chi connectivity index (χ1n) is 6.27. The smallest absolute Gasteiger partial charge is 0.115 e. The highest BCUT2D eigenvalue weighted by Crippen LogP contribution is 2.41. The molecule has 0 radical (unpaired) electrons. The molecule has 0 aromatic heterocycles. The van der Waals surface area contributed by atoms with E-state index in [0.29, 0.717) is 0 Å². The standard InChI is InChI=1S/C14H21NO2S/c1-15(2)9-12-10-18-7-6-14(12,17)11-4-3-5-13(16)8-11/h3-5,8,12,16-17H,6-7,9-10H2,1-2H3/t12-,14+/m0/s1. The number of hydrogen-bond donors (Lipinski definition) is 2. The average molecular weight is 267 g/mol. The van der Waals surface area contributed by atoms with Crippen LogP contribution in [0.25, 0.3) is 0 Å². The molecule has 0 saturated carbocycles. The Hall–Kier alpha value is -0.710. The summed E-state index contributed by atoms with van der Waals surface area (Å²) in [6.45, 7) is 0.860. The first-order chi connectivity index (χ1) is 8.52. The second kappa shape index (κ2) is 5.51. The van der Waals surface area contributed by atoms with Gasteiger partial charge in [0.1, 0.15) is 5.75 Å². The largest absolute Gasteiger partial charge is 0.508 e. The molecule has 2 rings (SSSR count). The van der Waals surface area contributed by atoms with Crippen molar-refractivity contribution in [2.75, 3.05) is 32.1 Å². The maximum absolute atomic E-state index is 11.0. The van der Waals surface area contributed by atoms with Gasteiger partial charge in [0.15, 0.2) is 0 Å². The average Bonchev–Trinajstić information content (AvgIpc) is 2.32. The zero-order valence-corrected chi connectivity index (χ0v) is 11.8. The van der Waals surface area contributed by atoms with E-state index in [0.717, 1.165) is 30.0 Å². The number of thioether (sulfide) groups is 1. The Labute approximate surface area is 113 Å². The van der Waals surface area contributed by atoms with Gasteiger partial charge in [-0.25, -0.2) is 0 Å². The van der Waals surface area contributed by atoms with Crippen LogP contribution in [0.1, 0.15) is 12.0 Å². The molecule has 1 heterocycles. The third-order valence-corrected chi connectivity index (χ3v) is 4.68. The molecule has 2 N–H and O–H groups in total. The van der Waals surface area contributed by atoms with Crippen molar-refractivity contribution in [3.8, 4) is 5.75 Å². The molecule has 0 aliphatic carbocycles. The van der Waals surface area contributed by atoms with Crippen LogP contribution in [0.15, 0.2) is 24.3 Å². The SMILES string of the molecule is CN(C)C[C@H]1CSCC[C@@]1(O)c1cccc(O)c1. The second-order valence-electron chi connectivity index (χ2n) is 5.26. The molecule has 1 aromatic carbocycles. The minimum absolute atomic E-state index is 0.202. The lowest BCUT2D eigenvalue weighted by atomic mass is 9.79. The van der Waals surface area contributed by atoms with Crippen LogP contribution < -0.4 is 0 Å². The lowest BCUT2D eigenvalue weighted by Gasteiger charge is -2.41. The summed E-state index contributed by atoms with van der Waals surface area (Å²) in [5.74, 6) is 2.36. The number of phenols is 1. The summed E-state index contributed by atoms with van der Waals surface area (Å²) in [6, 6.07) is 7.06. The molecular formula is C14H21NO2S. The van der Waals surface area contributed by atoms with Crippen LogP contribution in [-0.4, -0.2) is 47.3 Å². The lowest BCUT2D eigenvalue weighted by molar-refractivity contribution is -0.0294. The summed E-state index contributed by atoms with van der Waals surface area (Å²) in [7, 11) is 4.06. The summed E-state index contributed by atoms with van der Waals surface area (Å²) >= 11 is 1.90. The number of aliphatic hydroxyl groups is 1. The third kappa shape index (κ3) is 2.82. The van der Waals surface area contributed by atoms with E-state index in [2.05, 4.69) is 4.90 Å². The van der Waals surface area contributed by atoms with Gasteiger partial charge in [-0.15, -0.1) is 0 Å². The molecule has 4 heteroatoms. The van der Waals surface area contributed by atoms with Crippen LogP contribution in [0.4, 0.5) is 0 Å². The van der Waals surface area contributed by atoms with E-state index in [4.69, 9.17) is 0 Å². The van der Waals surface area contributed by atoms with E-state index in [-0.39, 0.29) is 11.7 Å². The highest BCUT2D eigenvalue weighted by molar-refractivity contribution is 7.99. The monoisotopic (exact) mass is 267 g/mol. The van der Waals surface area contributed by atoms with Crippen molar-refractivity contribution in [2.45, 2.75) is 12.0 Å². The van der Waals surface area contributed by atoms with E-state index in [9.17, 15) is 10.2 Å². The molecule has 2 atom stereocenters. The van der Waals surface area contributed by atoms with Crippen molar-refractivity contribution in [2.24, 2.45) is 5.92 Å². The van der Waals surface area contributed by atoms with Gasteiger partial charge in [-0.2, -0.15) is 11.8 Å². The molecule has 1 fully saturated rings. The van der Waals surface area contributed by atoms with Crippen LogP contribution in [0, 0.1) is 5.92 Å². The predicted molar refractivity (Wildman–Crippen MR) is 76.0 cm³/mol. The molecule has 1 aliphatic rings. The normalized spacial score (nSPS) is 28.6. The van der Waals surface area contributed by atoms with Crippen molar-refractivity contribution in [1.82, 2.24) is 4.90 Å². The van der Waals surface area contributed by atoms with Crippen LogP contribution in [0.5, 0.6) is 5.75 Å². The van der Waals surface area contributed by atoms with Gasteiger partial charge >= 0.3 is 0 Å². The fraction of sp³-hybridized carbons (Fsp3) is 0.571. The molecule has 1 aliphatic heterocycles. The highest BCUT2D eigenvalue weighted by Gasteiger charge is 2.40. The number of benzene rings is 1. The Bertz CT molecular complexity index is 411. The molecule has 18 heavy (non-hydrogen) atoms. The van der Waals surface area contributed by atoms with Crippen molar-refractivity contribution < 1.29 is 10.2 Å². The molecule has 1 saturated heterocycles. The molecular weight excluding hydrogens is 246 g/mol. The minimum Gasteiger partial charge on any atom is -0.508 e. The maximum atomic E-state index is 11.0. The van der Waals surface area contributed by atoms with E-state index in [1.807, 2.05) is 31.9 Å². The van der Waals surface area contributed by atoms with Crippen LogP contribution >= 0.6 is 11.8 Å². The topological polar surface area (TPSA) is 43.7 Å². The van der Waals surface area contributed by atoms with Crippen molar-refractivity contribution in [1.29, 1.82) is 0 Å². The second-order valence-corrected chi connectivity index (χ2v) is 6.41. The fourth-order valence-electron chi connectivity index (χ4n) is 2.60. The summed E-state index contributed by atoms with van der Waals surface area (Å²) in [6.07, 6.45) is 0.750. The molecule has 3 nitrogen and oxygen atoms in total. The Balaban J connectivity index is 2.29. The van der Waals surface area contributed by atoms with Gasteiger partial charge in [0.2, 0.25) is 0 Å². The lowest BCUT2D eigenvalue weighted by Crippen LogP contribution is -2.45. The molecule has 100 valence electrons. The van der Waals surface area contributed by atoms with Gasteiger partial charge in [-0.3, -0.25) is 0 Å². The Morgan fingerprint density at radius 3 is 2.89 bits per heavy atom. The summed E-state index contributed by atoms with van der Waals surface area (Å²) in [5, 5.41) is 20.6. The number of aromatic hydroxyl groups is 1. The Morgan fingerprint density at radius 1 is 1.44 bits per heavy atom. The molecule has 0 bridgehead atoms. The zero-order valence-electron chi connectivity index (χ0n) is 11.0. The summed E-state index contributed by atoms with van der Waals surface area (Å²) in [4.78, 5) is 2.12. The van der Waals surface area contributed by atoms with Gasteiger partial charge in [0.25, 0.3) is 0 Å². The Kier molecular flexibility index (Phi) is 4.20. The predicted octanol–water partition coefficient (Wildman–Crippen LogP) is 1.89. The van der Waals surface area contributed by atoms with Gasteiger partial charge in [-0.1, -0.05) is 12.1 Å². The molecule has 0 unspecified atom stereocenters.